The summed E-state index contributed by atoms with van der Waals surface area (Å²) in [6.45, 7) is 1.05. The van der Waals surface area contributed by atoms with E-state index in [4.69, 9.17) is 0 Å². The lowest BCUT2D eigenvalue weighted by molar-refractivity contribution is -0.118. The zero-order valence-electron chi connectivity index (χ0n) is 15.2. The van der Waals surface area contributed by atoms with E-state index in [1.165, 1.54) is 12.1 Å². The fourth-order valence-electron chi connectivity index (χ4n) is 2.97. The van der Waals surface area contributed by atoms with Gasteiger partial charge in [-0.15, -0.1) is 12.4 Å². The fourth-order valence-corrected chi connectivity index (χ4v) is 5.97. The fraction of sp³-hybridized carbons (Fsp3) is 0.0556. The van der Waals surface area contributed by atoms with Crippen molar-refractivity contribution in [2.24, 2.45) is 0 Å². The van der Waals surface area contributed by atoms with Crippen molar-refractivity contribution in [2.75, 3.05) is 5.01 Å². The highest BCUT2D eigenvalue weighted by Crippen LogP contribution is 2.45. The summed E-state index contributed by atoms with van der Waals surface area (Å²) in [6, 6.07) is 5.90. The number of carbonyl (C=O) groups excluding carboxylic acids is 3. The van der Waals surface area contributed by atoms with Crippen LogP contribution in [-0.4, -0.2) is 44.9 Å². The lowest BCUT2D eigenvalue weighted by Gasteiger charge is -2.31. The Morgan fingerprint density at radius 1 is 0.839 bits per heavy atom. The van der Waals surface area contributed by atoms with Gasteiger partial charge in [0.2, 0.25) is 5.91 Å². The zero-order chi connectivity index (χ0) is 22.5. The first-order valence-corrected chi connectivity index (χ1v) is 10.3. The number of imide groups is 1. The molecule has 0 atom stereocenters. The number of hydrogen-bond acceptors (Lipinski definition) is 5. The Balaban J connectivity index is 0.00000341. The van der Waals surface area contributed by atoms with E-state index in [9.17, 15) is 34.2 Å². The van der Waals surface area contributed by atoms with Crippen LogP contribution in [0.3, 0.4) is 0 Å². The number of hydrogen-bond donors (Lipinski definition) is 2. The molecule has 0 aliphatic carbocycles. The van der Waals surface area contributed by atoms with Crippen LogP contribution in [0.25, 0.3) is 0 Å². The summed E-state index contributed by atoms with van der Waals surface area (Å²) < 4.78 is -0.702. The number of carbonyl (C=O) groups is 5. The number of carboxylic acids is 2. The van der Waals surface area contributed by atoms with E-state index in [-0.39, 0.29) is 42.6 Å². The molecule has 3 rings (SSSR count). The molecule has 3 amide bonds. The van der Waals surface area contributed by atoms with Crippen LogP contribution in [0, 0.1) is 0 Å². The van der Waals surface area contributed by atoms with Gasteiger partial charge in [0.1, 0.15) is 0 Å². The van der Waals surface area contributed by atoms with Crippen molar-refractivity contribution in [1.82, 2.24) is 5.01 Å². The van der Waals surface area contributed by atoms with Crippen LogP contribution in [-0.2, 0) is 4.79 Å². The molecule has 1 heterocycles. The first-order valence-electron chi connectivity index (χ1n) is 7.96. The van der Waals surface area contributed by atoms with E-state index < -0.39 is 40.8 Å². The number of carboxylic acid groups (broad SMARTS) is 2. The predicted molar refractivity (Wildman–Crippen MR) is 121 cm³/mol. The van der Waals surface area contributed by atoms with Crippen molar-refractivity contribution in [3.8, 4) is 0 Å². The monoisotopic (exact) mass is 638 g/mol. The number of aromatic carboxylic acids is 2. The second kappa shape index (κ2) is 9.07. The molecule has 0 unspecified atom stereocenters. The minimum Gasteiger partial charge on any atom is -0.478 e. The maximum atomic E-state index is 12.9. The van der Waals surface area contributed by atoms with Gasteiger partial charge in [0, 0.05) is 11.4 Å². The molecule has 0 saturated carbocycles. The van der Waals surface area contributed by atoms with Gasteiger partial charge in [0.15, 0.2) is 0 Å². The van der Waals surface area contributed by atoms with Crippen LogP contribution in [0.5, 0.6) is 0 Å². The van der Waals surface area contributed by atoms with Gasteiger partial charge >= 0.3 is 11.9 Å². The van der Waals surface area contributed by atoms with Gasteiger partial charge in [-0.1, -0.05) is 12.1 Å². The molecule has 1 aliphatic rings. The summed E-state index contributed by atoms with van der Waals surface area (Å²) in [5.74, 6) is -5.48. The van der Waals surface area contributed by atoms with Crippen molar-refractivity contribution in [3.63, 3.8) is 0 Å². The summed E-state index contributed by atoms with van der Waals surface area (Å²) in [6.07, 6.45) is 0. The molecule has 162 valence electrons. The van der Waals surface area contributed by atoms with Crippen LogP contribution >= 0.6 is 60.2 Å². The lowest BCUT2D eigenvalue weighted by Crippen LogP contribution is -2.49. The largest absolute Gasteiger partial charge is 0.478 e. The minimum absolute atomic E-state index is 0. The third-order valence-corrected chi connectivity index (χ3v) is 6.54. The number of hydrazine groups is 1. The molecular formula is C18H10Br3ClN2O7. The number of benzene rings is 2. The molecule has 0 radical (unpaired) electrons. The standard InChI is InChI=1S/C18H9Br3N2O7.ClH/c1-6(24)22(23-15(25)7-4-2-3-5-8(7)16(23)26)14-12(20)9(17(27)28)11(19)10(13(14)21)18(29)30;/h2-5H,1H3,(H,27,28)(H,29,30);1H. The summed E-state index contributed by atoms with van der Waals surface area (Å²) >= 11 is 9.12. The average molecular weight is 641 g/mol. The SMILES string of the molecule is CC(=O)N(c1c(Br)c(C(=O)O)c(Br)c(C(=O)O)c1Br)N1C(=O)c2ccccc2C1=O.Cl. The van der Waals surface area contributed by atoms with Gasteiger partial charge in [-0.25, -0.2) is 14.6 Å². The van der Waals surface area contributed by atoms with Crippen molar-refractivity contribution in [1.29, 1.82) is 0 Å². The maximum Gasteiger partial charge on any atom is 0.338 e. The molecule has 2 N–H and O–H groups in total. The molecule has 0 fully saturated rings. The summed E-state index contributed by atoms with van der Waals surface area (Å²) in [7, 11) is 0. The van der Waals surface area contributed by atoms with Gasteiger partial charge in [-0.05, 0) is 59.9 Å². The lowest BCUT2D eigenvalue weighted by atomic mass is 10.1. The number of nitrogens with zero attached hydrogens (tertiary/aromatic N) is 2. The molecule has 9 nitrogen and oxygen atoms in total. The van der Waals surface area contributed by atoms with E-state index in [1.807, 2.05) is 0 Å². The average Bonchev–Trinajstić information content (AvgIpc) is 2.89. The number of anilines is 1. The van der Waals surface area contributed by atoms with Gasteiger partial charge < -0.3 is 10.2 Å². The maximum absolute atomic E-state index is 12.9. The van der Waals surface area contributed by atoms with E-state index in [0.717, 1.165) is 6.92 Å². The van der Waals surface area contributed by atoms with E-state index in [2.05, 4.69) is 47.8 Å². The number of rotatable bonds is 4. The third-order valence-electron chi connectivity index (χ3n) is 4.20. The number of halogens is 4. The molecular weight excluding hydrogens is 631 g/mol. The van der Waals surface area contributed by atoms with Gasteiger partial charge in [-0.3, -0.25) is 14.4 Å². The van der Waals surface area contributed by atoms with Gasteiger partial charge in [-0.2, -0.15) is 5.01 Å². The Morgan fingerprint density at radius 3 is 1.55 bits per heavy atom. The smallest absolute Gasteiger partial charge is 0.338 e. The number of amides is 3. The molecule has 0 aromatic heterocycles. The topological polar surface area (TPSA) is 132 Å². The van der Waals surface area contributed by atoms with E-state index >= 15 is 0 Å². The molecule has 13 heteroatoms. The Bertz CT molecular complexity index is 1110. The molecule has 0 spiro atoms. The van der Waals surface area contributed by atoms with Crippen LogP contribution in [0.2, 0.25) is 0 Å². The van der Waals surface area contributed by atoms with Gasteiger partial charge in [0.05, 0.1) is 36.9 Å². The molecule has 0 bridgehead atoms. The normalized spacial score (nSPS) is 12.3. The van der Waals surface area contributed by atoms with Crippen molar-refractivity contribution in [2.45, 2.75) is 6.92 Å². The first kappa shape index (κ1) is 25.0. The Hall–Kier alpha value is -2.28. The predicted octanol–water partition coefficient (Wildman–Crippen LogP) is 4.36. The van der Waals surface area contributed by atoms with E-state index in [0.29, 0.717) is 10.0 Å². The Morgan fingerprint density at radius 2 is 1.23 bits per heavy atom. The summed E-state index contributed by atoms with van der Waals surface area (Å²) in [4.78, 5) is 61.9. The molecule has 2 aromatic rings. The highest BCUT2D eigenvalue weighted by molar-refractivity contribution is 9.11. The second-order valence-electron chi connectivity index (χ2n) is 5.95. The summed E-state index contributed by atoms with van der Waals surface area (Å²) in [5, 5.41) is 20.3. The van der Waals surface area contributed by atoms with Crippen LogP contribution < -0.4 is 5.01 Å². The first-order chi connectivity index (χ1) is 14.0. The Kier molecular flexibility index (Phi) is 7.31. The molecule has 0 saturated heterocycles. The number of fused-ring (bicyclic) bond motifs is 1. The van der Waals surface area contributed by atoms with Crippen LogP contribution in [0.4, 0.5) is 5.69 Å². The van der Waals surface area contributed by atoms with Gasteiger partial charge in [0.25, 0.3) is 11.8 Å². The Labute approximate surface area is 205 Å². The van der Waals surface area contributed by atoms with E-state index in [1.54, 1.807) is 12.1 Å². The molecule has 2 aromatic carbocycles. The molecule has 31 heavy (non-hydrogen) atoms. The highest BCUT2D eigenvalue weighted by atomic mass is 79.9. The summed E-state index contributed by atoms with van der Waals surface area (Å²) in [5.41, 5.74) is -1.23. The second-order valence-corrected chi connectivity index (χ2v) is 8.33. The minimum atomic E-state index is -1.50. The third kappa shape index (κ3) is 3.88. The van der Waals surface area contributed by atoms with Crippen LogP contribution in [0.1, 0.15) is 48.4 Å². The quantitative estimate of drug-likeness (QED) is 0.475. The van der Waals surface area contributed by atoms with Crippen molar-refractivity contribution >= 4 is 95.5 Å². The van der Waals surface area contributed by atoms with Crippen molar-refractivity contribution < 1.29 is 34.2 Å². The highest BCUT2D eigenvalue weighted by Gasteiger charge is 2.43. The molecule has 1 aliphatic heterocycles. The van der Waals surface area contributed by atoms with Crippen molar-refractivity contribution in [3.05, 3.63) is 59.9 Å². The zero-order valence-corrected chi connectivity index (χ0v) is 20.8. The van der Waals surface area contributed by atoms with Crippen LogP contribution in [0.15, 0.2) is 37.7 Å².